The van der Waals surface area contributed by atoms with Crippen molar-refractivity contribution in [2.24, 2.45) is 5.73 Å². The molecule has 0 radical (unpaired) electrons. The number of aliphatic hydroxyl groups excluding tert-OH is 1. The van der Waals surface area contributed by atoms with Crippen molar-refractivity contribution < 1.29 is 5.11 Å². The number of thioether (sulfide) groups is 1. The van der Waals surface area contributed by atoms with Crippen LogP contribution in [0.15, 0.2) is 17.5 Å². The lowest BCUT2D eigenvalue weighted by molar-refractivity contribution is 0.299. The van der Waals surface area contributed by atoms with Crippen molar-refractivity contribution in [3.8, 4) is 0 Å². The first-order valence-corrected chi connectivity index (χ1v) is 6.52. The maximum atomic E-state index is 9.00. The molecule has 2 nitrogen and oxygen atoms in total. The number of thiophene rings is 1. The average Bonchev–Trinajstić information content (AvgIpc) is 2.65. The van der Waals surface area contributed by atoms with Crippen LogP contribution in [0.2, 0.25) is 0 Å². The van der Waals surface area contributed by atoms with Crippen molar-refractivity contribution >= 4 is 23.1 Å². The second kappa shape index (κ2) is 5.75. The zero-order chi connectivity index (χ0) is 10.6. The molecule has 0 aromatic carbocycles. The number of rotatable bonds is 5. The van der Waals surface area contributed by atoms with E-state index in [9.17, 15) is 0 Å². The van der Waals surface area contributed by atoms with E-state index in [1.165, 1.54) is 4.88 Å². The lowest BCUT2D eigenvalue weighted by Crippen LogP contribution is -2.24. The molecule has 0 saturated carbocycles. The zero-order valence-electron chi connectivity index (χ0n) is 8.51. The highest BCUT2D eigenvalue weighted by molar-refractivity contribution is 8.00. The molecule has 0 amide bonds. The summed E-state index contributed by atoms with van der Waals surface area (Å²) in [6, 6.07) is 4.27. The minimum absolute atomic E-state index is 0.118. The van der Waals surface area contributed by atoms with E-state index in [-0.39, 0.29) is 17.9 Å². The fourth-order valence-electron chi connectivity index (χ4n) is 1.20. The van der Waals surface area contributed by atoms with Gasteiger partial charge in [0.2, 0.25) is 0 Å². The van der Waals surface area contributed by atoms with Crippen LogP contribution < -0.4 is 5.73 Å². The van der Waals surface area contributed by atoms with Crippen molar-refractivity contribution in [1.82, 2.24) is 0 Å². The van der Waals surface area contributed by atoms with E-state index >= 15 is 0 Å². The van der Waals surface area contributed by atoms with Crippen molar-refractivity contribution in [2.45, 2.75) is 30.4 Å². The van der Waals surface area contributed by atoms with Gasteiger partial charge in [0.1, 0.15) is 0 Å². The topological polar surface area (TPSA) is 46.2 Å². The summed E-state index contributed by atoms with van der Waals surface area (Å²) in [5.74, 6) is 0. The van der Waals surface area contributed by atoms with Gasteiger partial charge in [-0.3, -0.25) is 0 Å². The molecule has 1 heterocycles. The predicted molar refractivity (Wildman–Crippen MR) is 64.8 cm³/mol. The number of aliphatic hydroxyl groups is 1. The van der Waals surface area contributed by atoms with Crippen LogP contribution in [0.25, 0.3) is 0 Å². The van der Waals surface area contributed by atoms with Gasteiger partial charge in [0, 0.05) is 16.2 Å². The summed E-state index contributed by atoms with van der Waals surface area (Å²) >= 11 is 3.48. The van der Waals surface area contributed by atoms with Crippen molar-refractivity contribution in [2.75, 3.05) is 6.61 Å². The molecule has 0 aliphatic heterocycles. The van der Waals surface area contributed by atoms with Gasteiger partial charge in [0.05, 0.1) is 11.9 Å². The van der Waals surface area contributed by atoms with Crippen LogP contribution in [0.3, 0.4) is 0 Å². The molecule has 3 N–H and O–H groups in total. The molecular formula is C10H17NOS2. The molecule has 0 spiro atoms. The van der Waals surface area contributed by atoms with Crippen molar-refractivity contribution in [1.29, 1.82) is 0 Å². The zero-order valence-corrected chi connectivity index (χ0v) is 10.1. The summed E-state index contributed by atoms with van der Waals surface area (Å²) in [5, 5.41) is 11.6. The SMILES string of the molecule is CC(CO)SC(c1cccs1)C(C)N. The molecule has 4 heteroatoms. The predicted octanol–water partition coefficient (Wildman–Crippen LogP) is 2.25. The summed E-state index contributed by atoms with van der Waals surface area (Å²) < 4.78 is 0. The number of nitrogens with two attached hydrogens (primary N) is 1. The van der Waals surface area contributed by atoms with E-state index < -0.39 is 0 Å². The van der Waals surface area contributed by atoms with Crippen LogP contribution in [0.1, 0.15) is 24.0 Å². The molecule has 3 atom stereocenters. The average molecular weight is 231 g/mol. The molecule has 0 aliphatic rings. The maximum Gasteiger partial charge on any atom is 0.0547 e. The maximum absolute atomic E-state index is 9.00. The van der Waals surface area contributed by atoms with Gasteiger partial charge in [-0.2, -0.15) is 0 Å². The Morgan fingerprint density at radius 2 is 2.29 bits per heavy atom. The first-order valence-electron chi connectivity index (χ1n) is 4.70. The van der Waals surface area contributed by atoms with E-state index in [4.69, 9.17) is 10.8 Å². The Hall–Kier alpha value is -0.0300. The Balaban J connectivity index is 2.66. The Morgan fingerprint density at radius 1 is 1.57 bits per heavy atom. The summed E-state index contributed by atoms with van der Waals surface area (Å²) in [4.78, 5) is 1.30. The fraction of sp³-hybridized carbons (Fsp3) is 0.600. The molecule has 0 bridgehead atoms. The summed E-state index contributed by atoms with van der Waals surface area (Å²) in [7, 11) is 0. The second-order valence-corrected chi connectivity index (χ2v) is 5.99. The van der Waals surface area contributed by atoms with Gasteiger partial charge in [-0.25, -0.2) is 0 Å². The monoisotopic (exact) mass is 231 g/mol. The fourth-order valence-corrected chi connectivity index (χ4v) is 3.40. The molecular weight excluding hydrogens is 214 g/mol. The standard InChI is InChI=1S/C10H17NOS2/c1-7(6-12)14-10(8(2)11)9-4-3-5-13-9/h3-5,7-8,10,12H,6,11H2,1-2H3. The van der Waals surface area contributed by atoms with Gasteiger partial charge in [-0.1, -0.05) is 13.0 Å². The third-order valence-electron chi connectivity index (χ3n) is 1.94. The third kappa shape index (κ3) is 3.28. The van der Waals surface area contributed by atoms with Crippen molar-refractivity contribution in [3.63, 3.8) is 0 Å². The highest BCUT2D eigenvalue weighted by atomic mass is 32.2. The van der Waals surface area contributed by atoms with Gasteiger partial charge >= 0.3 is 0 Å². The smallest absolute Gasteiger partial charge is 0.0547 e. The highest BCUT2D eigenvalue weighted by Crippen LogP contribution is 2.36. The van der Waals surface area contributed by atoms with Gasteiger partial charge in [0.15, 0.2) is 0 Å². The Labute approximate surface area is 93.5 Å². The van der Waals surface area contributed by atoms with E-state index in [1.807, 2.05) is 19.9 Å². The Bertz CT molecular complexity index is 249. The second-order valence-electron chi connectivity index (χ2n) is 3.42. The molecule has 0 aliphatic carbocycles. The molecule has 0 fully saturated rings. The Morgan fingerprint density at radius 3 is 2.71 bits per heavy atom. The van der Waals surface area contributed by atoms with Crippen LogP contribution in [0, 0.1) is 0 Å². The lowest BCUT2D eigenvalue weighted by Gasteiger charge is -2.21. The largest absolute Gasteiger partial charge is 0.395 e. The molecule has 80 valence electrons. The molecule has 1 rings (SSSR count). The lowest BCUT2D eigenvalue weighted by atomic mass is 10.2. The minimum Gasteiger partial charge on any atom is -0.395 e. The number of hydrogen-bond donors (Lipinski definition) is 2. The van der Waals surface area contributed by atoms with Crippen LogP contribution in [-0.2, 0) is 0 Å². The quantitative estimate of drug-likeness (QED) is 0.817. The van der Waals surface area contributed by atoms with Gasteiger partial charge in [-0.15, -0.1) is 23.1 Å². The normalized spacial score (nSPS) is 17.7. The first-order chi connectivity index (χ1) is 6.65. The summed E-state index contributed by atoms with van der Waals surface area (Å²) in [5.41, 5.74) is 5.94. The van der Waals surface area contributed by atoms with E-state index in [0.717, 1.165) is 0 Å². The van der Waals surface area contributed by atoms with Crippen LogP contribution in [0.4, 0.5) is 0 Å². The Kier molecular flexibility index (Phi) is 4.95. The van der Waals surface area contributed by atoms with Crippen LogP contribution in [-0.4, -0.2) is 23.0 Å². The first kappa shape index (κ1) is 12.0. The summed E-state index contributed by atoms with van der Waals surface area (Å²) in [6.45, 7) is 4.24. The van der Waals surface area contributed by atoms with Gasteiger partial charge < -0.3 is 10.8 Å². The molecule has 3 unspecified atom stereocenters. The van der Waals surface area contributed by atoms with E-state index in [1.54, 1.807) is 23.1 Å². The van der Waals surface area contributed by atoms with Gasteiger partial charge in [0.25, 0.3) is 0 Å². The highest BCUT2D eigenvalue weighted by Gasteiger charge is 2.20. The molecule has 1 aromatic heterocycles. The molecule has 0 saturated heterocycles. The van der Waals surface area contributed by atoms with Crippen LogP contribution >= 0.6 is 23.1 Å². The third-order valence-corrected chi connectivity index (χ3v) is 4.63. The van der Waals surface area contributed by atoms with E-state index in [0.29, 0.717) is 5.25 Å². The van der Waals surface area contributed by atoms with E-state index in [2.05, 4.69) is 11.4 Å². The molecule has 1 aromatic rings. The van der Waals surface area contributed by atoms with Crippen LogP contribution in [0.5, 0.6) is 0 Å². The summed E-state index contributed by atoms with van der Waals surface area (Å²) in [6.07, 6.45) is 0. The minimum atomic E-state index is 0.118. The van der Waals surface area contributed by atoms with Crippen molar-refractivity contribution in [3.05, 3.63) is 22.4 Å². The number of hydrogen-bond acceptors (Lipinski definition) is 4. The molecule has 14 heavy (non-hydrogen) atoms. The van der Waals surface area contributed by atoms with Gasteiger partial charge in [-0.05, 0) is 18.4 Å².